The van der Waals surface area contributed by atoms with Crippen LogP contribution in [0.2, 0.25) is 0 Å². The van der Waals surface area contributed by atoms with Crippen molar-refractivity contribution in [3.05, 3.63) is 0 Å². The lowest BCUT2D eigenvalue weighted by Crippen LogP contribution is -2.43. The van der Waals surface area contributed by atoms with E-state index in [9.17, 15) is 4.79 Å². The molecule has 0 bridgehead atoms. The number of aliphatic hydroxyl groups excluding tert-OH is 1. The zero-order valence-electron chi connectivity index (χ0n) is 8.21. The number of carbonyl (C=O) groups is 1. The van der Waals surface area contributed by atoms with Gasteiger partial charge in [0.2, 0.25) is 0 Å². The van der Waals surface area contributed by atoms with Crippen LogP contribution in [0.4, 0.5) is 0 Å². The van der Waals surface area contributed by atoms with E-state index in [1.807, 2.05) is 20.8 Å². The minimum Gasteiger partial charge on any atom is -0.383 e. The number of hydrogen-bond acceptors (Lipinski definition) is 2. The molecule has 0 radical (unpaired) electrons. The van der Waals surface area contributed by atoms with E-state index in [1.54, 1.807) is 4.90 Å². The third-order valence-corrected chi connectivity index (χ3v) is 1.88. The Morgan fingerprint density at radius 1 is 1.58 bits per heavy atom. The number of carbonyl (C=O) groups excluding carboxylic acids is 1. The number of piperidine rings is 1. The van der Waals surface area contributed by atoms with Crippen molar-refractivity contribution in [3.8, 4) is 0 Å². The molecular weight excluding hydrogens is 154 g/mol. The zero-order valence-corrected chi connectivity index (χ0v) is 8.21. The first-order valence-electron chi connectivity index (χ1n) is 4.72. The van der Waals surface area contributed by atoms with Gasteiger partial charge in [-0.15, -0.1) is 0 Å². The van der Waals surface area contributed by atoms with E-state index in [0.29, 0.717) is 6.42 Å². The summed E-state index contributed by atoms with van der Waals surface area (Å²) in [7, 11) is 0. The van der Waals surface area contributed by atoms with E-state index in [1.165, 1.54) is 0 Å². The maximum absolute atomic E-state index is 11.0. The number of rotatable bonds is 1. The highest BCUT2D eigenvalue weighted by atomic mass is 16.3. The van der Waals surface area contributed by atoms with Gasteiger partial charge in [-0.25, -0.2) is 0 Å². The molecule has 1 heterocycles. The topological polar surface area (TPSA) is 40.5 Å². The van der Waals surface area contributed by atoms with Gasteiger partial charge in [-0.1, -0.05) is 13.8 Å². The molecule has 1 aliphatic rings. The fraction of sp³-hybridized carbons (Fsp3) is 0.889. The van der Waals surface area contributed by atoms with Gasteiger partial charge in [0.1, 0.15) is 6.10 Å². The summed E-state index contributed by atoms with van der Waals surface area (Å²) in [5, 5.41) is 9.09. The quantitative estimate of drug-likeness (QED) is 0.643. The fourth-order valence-corrected chi connectivity index (χ4v) is 1.23. The first-order chi connectivity index (χ1) is 5.75. The average molecular weight is 173 g/mol. The van der Waals surface area contributed by atoms with Crippen molar-refractivity contribution in [2.24, 2.45) is 0 Å². The van der Waals surface area contributed by atoms with Crippen molar-refractivity contribution < 1.29 is 9.90 Å². The van der Waals surface area contributed by atoms with Crippen molar-refractivity contribution in [1.29, 1.82) is 0 Å². The third-order valence-electron chi connectivity index (χ3n) is 1.88. The molecule has 12 heavy (non-hydrogen) atoms. The Kier molecular flexibility index (Phi) is 5.72. The summed E-state index contributed by atoms with van der Waals surface area (Å²) in [6.07, 6.45) is 0.837. The Labute approximate surface area is 74.4 Å². The lowest BCUT2D eigenvalue weighted by atomic mass is 10.1. The summed E-state index contributed by atoms with van der Waals surface area (Å²) in [6, 6.07) is 0. The minimum absolute atomic E-state index is 0.103. The molecule has 3 nitrogen and oxygen atoms in total. The molecule has 0 aromatic rings. The molecule has 72 valence electrons. The molecule has 1 saturated heterocycles. The second-order valence-electron chi connectivity index (χ2n) is 2.58. The molecule has 1 fully saturated rings. The second-order valence-corrected chi connectivity index (χ2v) is 2.58. The summed E-state index contributed by atoms with van der Waals surface area (Å²) in [4.78, 5) is 12.7. The number of nitrogens with zero attached hydrogens (tertiary/aromatic N) is 1. The molecular formula is C9H19NO2. The first kappa shape index (κ1) is 11.4. The van der Waals surface area contributed by atoms with Gasteiger partial charge in [-0.05, 0) is 19.8 Å². The first-order valence-corrected chi connectivity index (χ1v) is 4.72. The monoisotopic (exact) mass is 173 g/mol. The molecule has 1 rings (SSSR count). The summed E-state index contributed by atoms with van der Waals surface area (Å²) >= 11 is 0. The largest absolute Gasteiger partial charge is 0.383 e. The maximum atomic E-state index is 11.0. The van der Waals surface area contributed by atoms with Crippen LogP contribution in [-0.4, -0.2) is 35.1 Å². The zero-order chi connectivity index (χ0) is 9.56. The van der Waals surface area contributed by atoms with Gasteiger partial charge in [0.15, 0.2) is 0 Å². The van der Waals surface area contributed by atoms with Crippen molar-refractivity contribution in [2.45, 2.75) is 39.7 Å². The van der Waals surface area contributed by atoms with Crippen molar-refractivity contribution in [1.82, 2.24) is 4.90 Å². The fourth-order valence-electron chi connectivity index (χ4n) is 1.23. The molecule has 3 heteroatoms. The van der Waals surface area contributed by atoms with Gasteiger partial charge >= 0.3 is 0 Å². The van der Waals surface area contributed by atoms with Crippen molar-refractivity contribution in [3.63, 3.8) is 0 Å². The minimum atomic E-state index is -0.728. The summed E-state index contributed by atoms with van der Waals surface area (Å²) in [5.41, 5.74) is 0. The molecule has 0 aliphatic carbocycles. The SMILES string of the molecule is CC.CCN1CCCC(O)C1=O. The van der Waals surface area contributed by atoms with E-state index in [4.69, 9.17) is 5.11 Å². The van der Waals surface area contributed by atoms with Crippen molar-refractivity contribution in [2.75, 3.05) is 13.1 Å². The Morgan fingerprint density at radius 2 is 2.17 bits per heavy atom. The number of amides is 1. The number of aliphatic hydroxyl groups is 1. The van der Waals surface area contributed by atoms with Crippen LogP contribution in [0.1, 0.15) is 33.6 Å². The van der Waals surface area contributed by atoms with E-state index in [0.717, 1.165) is 19.5 Å². The molecule has 1 amide bonds. The van der Waals surface area contributed by atoms with Crippen molar-refractivity contribution >= 4 is 5.91 Å². The number of likely N-dealkylation sites (tertiary alicyclic amines) is 1. The number of hydrogen-bond donors (Lipinski definition) is 1. The van der Waals surface area contributed by atoms with Crippen LogP contribution in [0.3, 0.4) is 0 Å². The molecule has 1 atom stereocenters. The summed E-state index contributed by atoms with van der Waals surface area (Å²) in [6.45, 7) is 7.46. The highest BCUT2D eigenvalue weighted by molar-refractivity contribution is 5.81. The molecule has 1 unspecified atom stereocenters. The lowest BCUT2D eigenvalue weighted by Gasteiger charge is -2.28. The van der Waals surface area contributed by atoms with E-state index < -0.39 is 6.10 Å². The van der Waals surface area contributed by atoms with Crippen LogP contribution in [0.5, 0.6) is 0 Å². The standard InChI is InChI=1S/C7H13NO2.C2H6/c1-2-8-5-3-4-6(9)7(8)10;1-2/h6,9H,2-5H2,1H3;1-2H3. The van der Waals surface area contributed by atoms with Gasteiger partial charge in [0.25, 0.3) is 5.91 Å². The molecule has 0 saturated carbocycles. The van der Waals surface area contributed by atoms with Crippen LogP contribution in [0, 0.1) is 0 Å². The molecule has 1 aliphatic heterocycles. The Bertz CT molecular complexity index is 136. The summed E-state index contributed by atoms with van der Waals surface area (Å²) in [5.74, 6) is -0.103. The van der Waals surface area contributed by atoms with Crippen LogP contribution in [0.15, 0.2) is 0 Å². The van der Waals surface area contributed by atoms with Gasteiger partial charge in [-0.3, -0.25) is 4.79 Å². The lowest BCUT2D eigenvalue weighted by molar-refractivity contribution is -0.143. The van der Waals surface area contributed by atoms with Crippen LogP contribution in [0.25, 0.3) is 0 Å². The Balaban J connectivity index is 0.000000561. The van der Waals surface area contributed by atoms with E-state index in [2.05, 4.69) is 0 Å². The van der Waals surface area contributed by atoms with Gasteiger partial charge in [0, 0.05) is 13.1 Å². The second kappa shape index (κ2) is 6.00. The predicted molar refractivity (Wildman–Crippen MR) is 48.8 cm³/mol. The van der Waals surface area contributed by atoms with Gasteiger partial charge in [-0.2, -0.15) is 0 Å². The average Bonchev–Trinajstić information content (AvgIpc) is 2.13. The molecule has 0 spiro atoms. The maximum Gasteiger partial charge on any atom is 0.251 e. The van der Waals surface area contributed by atoms with E-state index in [-0.39, 0.29) is 5.91 Å². The van der Waals surface area contributed by atoms with Crippen LogP contribution in [-0.2, 0) is 4.79 Å². The van der Waals surface area contributed by atoms with Crippen LogP contribution < -0.4 is 0 Å². The number of likely N-dealkylation sites (N-methyl/N-ethyl adjacent to an activating group) is 1. The molecule has 0 aromatic heterocycles. The van der Waals surface area contributed by atoms with Gasteiger partial charge in [0.05, 0.1) is 0 Å². The normalized spacial score (nSPS) is 23.2. The third kappa shape index (κ3) is 2.81. The molecule has 0 aromatic carbocycles. The predicted octanol–water partition coefficient (Wildman–Crippen LogP) is 1.02. The van der Waals surface area contributed by atoms with Crippen LogP contribution >= 0.6 is 0 Å². The highest BCUT2D eigenvalue weighted by Gasteiger charge is 2.24. The van der Waals surface area contributed by atoms with Gasteiger partial charge < -0.3 is 10.0 Å². The van der Waals surface area contributed by atoms with E-state index >= 15 is 0 Å². The summed E-state index contributed by atoms with van der Waals surface area (Å²) < 4.78 is 0. The molecule has 1 N–H and O–H groups in total. The highest BCUT2D eigenvalue weighted by Crippen LogP contribution is 2.10. The Hall–Kier alpha value is -0.570. The Morgan fingerprint density at radius 3 is 2.58 bits per heavy atom. The smallest absolute Gasteiger partial charge is 0.251 e.